The van der Waals surface area contributed by atoms with Gasteiger partial charge in [0.05, 0.1) is 12.5 Å². The van der Waals surface area contributed by atoms with E-state index in [1.165, 1.54) is 5.56 Å². The van der Waals surface area contributed by atoms with Crippen LogP contribution in [0.3, 0.4) is 0 Å². The molecule has 0 bridgehead atoms. The molecule has 0 saturated heterocycles. The van der Waals surface area contributed by atoms with Crippen molar-refractivity contribution in [3.8, 4) is 5.75 Å². The molecule has 0 aliphatic heterocycles. The largest absolute Gasteiger partial charge is 0.496 e. The number of benzene rings is 1. The zero-order valence-electron chi connectivity index (χ0n) is 11.8. The van der Waals surface area contributed by atoms with E-state index in [2.05, 4.69) is 23.0 Å². The summed E-state index contributed by atoms with van der Waals surface area (Å²) in [6.45, 7) is 2.07. The predicted octanol–water partition coefficient (Wildman–Crippen LogP) is 3.88. The number of hydrogen-bond acceptors (Lipinski definition) is 6. The molecule has 3 rings (SSSR count). The van der Waals surface area contributed by atoms with Crippen molar-refractivity contribution in [1.82, 2.24) is 9.97 Å². The normalized spacial score (nSPS) is 11.0. The van der Waals surface area contributed by atoms with Gasteiger partial charge in [-0.05, 0) is 24.4 Å². The minimum atomic E-state index is 0.542. The molecule has 21 heavy (non-hydrogen) atoms. The zero-order chi connectivity index (χ0) is 14.8. The molecule has 1 aromatic carbocycles. The van der Waals surface area contributed by atoms with Gasteiger partial charge in [0, 0.05) is 11.3 Å². The fourth-order valence-corrected chi connectivity index (χ4v) is 3.74. The first-order valence-corrected chi connectivity index (χ1v) is 8.31. The Labute approximate surface area is 131 Å². The number of anilines is 1. The molecule has 0 aliphatic rings. The average molecular weight is 317 g/mol. The van der Waals surface area contributed by atoms with Gasteiger partial charge >= 0.3 is 0 Å². The Hall–Kier alpha value is -1.79. The van der Waals surface area contributed by atoms with E-state index >= 15 is 0 Å². The lowest BCUT2D eigenvalue weighted by molar-refractivity contribution is 0.411. The van der Waals surface area contributed by atoms with Gasteiger partial charge in [0.2, 0.25) is 0 Å². The van der Waals surface area contributed by atoms with Gasteiger partial charge in [-0.15, -0.1) is 11.3 Å². The first-order valence-electron chi connectivity index (χ1n) is 6.44. The number of aromatic nitrogens is 2. The summed E-state index contributed by atoms with van der Waals surface area (Å²) in [5.41, 5.74) is 8.31. The van der Waals surface area contributed by atoms with Gasteiger partial charge in [0.25, 0.3) is 0 Å². The quantitative estimate of drug-likeness (QED) is 0.584. The van der Waals surface area contributed by atoms with Crippen LogP contribution in [0.4, 0.5) is 5.82 Å². The van der Waals surface area contributed by atoms with Crippen molar-refractivity contribution in [3.05, 3.63) is 40.8 Å². The van der Waals surface area contributed by atoms with Crippen molar-refractivity contribution >= 4 is 39.1 Å². The summed E-state index contributed by atoms with van der Waals surface area (Å²) in [6, 6.07) is 8.11. The van der Waals surface area contributed by atoms with E-state index in [0.29, 0.717) is 11.0 Å². The second-order valence-electron chi connectivity index (χ2n) is 4.63. The van der Waals surface area contributed by atoms with Crippen molar-refractivity contribution in [2.75, 3.05) is 12.8 Å². The minimum absolute atomic E-state index is 0.542. The number of hydrogen-bond donors (Lipinski definition) is 1. The third-order valence-electron chi connectivity index (χ3n) is 3.13. The topological polar surface area (TPSA) is 61.0 Å². The summed E-state index contributed by atoms with van der Waals surface area (Å²) < 4.78 is 5.39. The molecule has 2 aromatic heterocycles. The Morgan fingerprint density at radius 2 is 2.14 bits per heavy atom. The summed E-state index contributed by atoms with van der Waals surface area (Å²) in [7, 11) is 1.69. The molecule has 2 N–H and O–H groups in total. The molecule has 0 unspecified atom stereocenters. The highest BCUT2D eigenvalue weighted by Crippen LogP contribution is 2.30. The van der Waals surface area contributed by atoms with E-state index in [9.17, 15) is 0 Å². The number of methoxy groups -OCH3 is 1. The third-order valence-corrected chi connectivity index (χ3v) is 4.83. The van der Waals surface area contributed by atoms with Crippen LogP contribution in [-0.2, 0) is 5.75 Å². The molecule has 0 atom stereocenters. The maximum absolute atomic E-state index is 5.97. The highest BCUT2D eigenvalue weighted by atomic mass is 32.2. The summed E-state index contributed by atoms with van der Waals surface area (Å²) in [6.07, 6.45) is 0. The fourth-order valence-electron chi connectivity index (χ4n) is 2.08. The molecule has 3 aromatic rings. The van der Waals surface area contributed by atoms with Crippen LogP contribution in [0, 0.1) is 6.92 Å². The van der Waals surface area contributed by atoms with Gasteiger partial charge in [-0.2, -0.15) is 0 Å². The highest BCUT2D eigenvalue weighted by Gasteiger charge is 2.09. The Balaban J connectivity index is 1.84. The van der Waals surface area contributed by atoms with Crippen LogP contribution in [-0.4, -0.2) is 17.1 Å². The van der Waals surface area contributed by atoms with Crippen LogP contribution in [0.15, 0.2) is 34.8 Å². The lowest BCUT2D eigenvalue weighted by atomic mass is 10.1. The lowest BCUT2D eigenvalue weighted by Crippen LogP contribution is -1.96. The monoisotopic (exact) mass is 317 g/mol. The van der Waals surface area contributed by atoms with E-state index in [-0.39, 0.29) is 0 Å². The molecular weight excluding hydrogens is 302 g/mol. The smallest absolute Gasteiger partial charge is 0.191 e. The third kappa shape index (κ3) is 2.96. The van der Waals surface area contributed by atoms with E-state index in [0.717, 1.165) is 27.3 Å². The maximum atomic E-state index is 5.97. The Bertz CT molecular complexity index is 786. The zero-order valence-corrected chi connectivity index (χ0v) is 13.4. The van der Waals surface area contributed by atoms with Crippen LogP contribution >= 0.6 is 23.1 Å². The van der Waals surface area contributed by atoms with Gasteiger partial charge in [-0.1, -0.05) is 29.5 Å². The number of fused-ring (bicyclic) bond motifs is 1. The number of thiophene rings is 1. The van der Waals surface area contributed by atoms with Crippen LogP contribution in [0.1, 0.15) is 11.1 Å². The summed E-state index contributed by atoms with van der Waals surface area (Å²) in [5.74, 6) is 2.18. The van der Waals surface area contributed by atoms with Gasteiger partial charge in [-0.25, -0.2) is 9.97 Å². The minimum Gasteiger partial charge on any atom is -0.496 e. The Kier molecular flexibility index (Phi) is 3.98. The average Bonchev–Trinajstić information content (AvgIpc) is 2.94. The van der Waals surface area contributed by atoms with E-state index in [4.69, 9.17) is 10.5 Å². The molecule has 0 aliphatic carbocycles. The second-order valence-corrected chi connectivity index (χ2v) is 6.47. The predicted molar refractivity (Wildman–Crippen MR) is 89.1 cm³/mol. The van der Waals surface area contributed by atoms with Crippen molar-refractivity contribution in [1.29, 1.82) is 0 Å². The summed E-state index contributed by atoms with van der Waals surface area (Å²) in [4.78, 5) is 9.83. The number of aryl methyl sites for hydroxylation is 1. The van der Waals surface area contributed by atoms with Crippen LogP contribution in [0.5, 0.6) is 5.75 Å². The molecule has 6 heteroatoms. The van der Waals surface area contributed by atoms with Gasteiger partial charge in [0.1, 0.15) is 16.4 Å². The fraction of sp³-hybridized carbons (Fsp3) is 0.200. The van der Waals surface area contributed by atoms with Crippen LogP contribution in [0.25, 0.3) is 10.2 Å². The number of rotatable bonds is 4. The van der Waals surface area contributed by atoms with Crippen LogP contribution < -0.4 is 10.5 Å². The van der Waals surface area contributed by atoms with E-state index < -0.39 is 0 Å². The number of nitrogens with zero attached hydrogens (tertiary/aromatic N) is 2. The number of ether oxygens (including phenoxy) is 1. The Morgan fingerprint density at radius 1 is 1.29 bits per heavy atom. The van der Waals surface area contributed by atoms with Crippen molar-refractivity contribution in [2.45, 2.75) is 17.8 Å². The first-order chi connectivity index (χ1) is 10.2. The second kappa shape index (κ2) is 5.91. The van der Waals surface area contributed by atoms with Crippen molar-refractivity contribution < 1.29 is 4.74 Å². The molecule has 0 fully saturated rings. The van der Waals surface area contributed by atoms with Gasteiger partial charge < -0.3 is 10.5 Å². The molecule has 0 amide bonds. The molecule has 0 radical (unpaired) electrons. The van der Waals surface area contributed by atoms with E-state index in [1.807, 2.05) is 23.6 Å². The first kappa shape index (κ1) is 14.2. The maximum Gasteiger partial charge on any atom is 0.191 e. The Morgan fingerprint density at radius 3 is 2.95 bits per heavy atom. The van der Waals surface area contributed by atoms with Crippen molar-refractivity contribution in [3.63, 3.8) is 0 Å². The molecule has 0 spiro atoms. The summed E-state index contributed by atoms with van der Waals surface area (Å²) in [5, 5.41) is 3.61. The molecular formula is C15H15N3OS2. The molecule has 0 saturated carbocycles. The van der Waals surface area contributed by atoms with E-state index in [1.54, 1.807) is 30.2 Å². The lowest BCUT2D eigenvalue weighted by Gasteiger charge is -2.09. The number of nitrogen functional groups attached to an aromatic ring is 1. The van der Waals surface area contributed by atoms with Gasteiger partial charge in [0.15, 0.2) is 5.16 Å². The molecule has 2 heterocycles. The number of thioether (sulfide) groups is 1. The number of nitrogens with two attached hydrogens (primary N) is 1. The van der Waals surface area contributed by atoms with Gasteiger partial charge in [-0.3, -0.25) is 0 Å². The molecule has 108 valence electrons. The van der Waals surface area contributed by atoms with Crippen LogP contribution in [0.2, 0.25) is 0 Å². The molecule has 4 nitrogen and oxygen atoms in total. The highest BCUT2D eigenvalue weighted by molar-refractivity contribution is 7.98. The summed E-state index contributed by atoms with van der Waals surface area (Å²) >= 11 is 3.15. The standard InChI is InChI=1S/C15H15N3OS2/c1-9-3-4-12(19-2)10(7-9)8-21-15-17-13(16)11-5-6-20-14(11)18-15/h3-7H,8H2,1-2H3,(H2,16,17,18). The SMILES string of the molecule is COc1ccc(C)cc1CSc1nc(N)c2ccsc2n1. The van der Waals surface area contributed by atoms with Crippen molar-refractivity contribution in [2.24, 2.45) is 0 Å².